The van der Waals surface area contributed by atoms with Crippen LogP contribution in [0.15, 0.2) is 0 Å². The minimum absolute atomic E-state index is 0.0501. The largest absolute Gasteiger partial charge is 0.407 e. The van der Waals surface area contributed by atoms with Gasteiger partial charge in [0, 0.05) is 21.1 Å². The quantitative estimate of drug-likeness (QED) is 0.183. The normalized spacial score (nSPS) is 23.5. The maximum absolute atomic E-state index is 12.4. The summed E-state index contributed by atoms with van der Waals surface area (Å²) in [6.07, 6.45) is 0.0654. The number of rotatable bonds is 12. The second kappa shape index (κ2) is 8.98. The molecular formula is C21H44O5Si2. The molecule has 0 saturated carbocycles. The van der Waals surface area contributed by atoms with E-state index in [0.717, 1.165) is 12.7 Å². The van der Waals surface area contributed by atoms with Crippen molar-refractivity contribution in [2.75, 3.05) is 20.0 Å². The fourth-order valence-electron chi connectivity index (χ4n) is 2.82. The Bertz CT molecular complexity index is 534. The lowest BCUT2D eigenvalue weighted by Gasteiger charge is -2.39. The molecule has 0 radical (unpaired) electrons. The molecule has 2 atom stereocenters. The van der Waals surface area contributed by atoms with Gasteiger partial charge in [-0.05, 0) is 44.9 Å². The number of ether oxygens (including phenoxy) is 3. The van der Waals surface area contributed by atoms with Crippen molar-refractivity contribution < 1.29 is 23.4 Å². The van der Waals surface area contributed by atoms with Crippen molar-refractivity contribution in [1.82, 2.24) is 0 Å². The van der Waals surface area contributed by atoms with Crippen LogP contribution in [0.25, 0.3) is 0 Å². The Morgan fingerprint density at radius 2 is 1.61 bits per heavy atom. The number of carbonyl (C=O) groups excluding carboxylic acids is 1. The Morgan fingerprint density at radius 3 is 2.00 bits per heavy atom. The first-order chi connectivity index (χ1) is 12.4. The highest BCUT2D eigenvalue weighted by Gasteiger charge is 2.65. The van der Waals surface area contributed by atoms with Crippen LogP contribution in [0, 0.1) is 0 Å². The third-order valence-electron chi connectivity index (χ3n) is 6.22. The SMILES string of the molecule is CC(=O)[C@H](C[C@]1(COCOCC[Si](C)(C)C)OC1(C)C)O[Si](C)(C)C(C)(C)C. The van der Waals surface area contributed by atoms with E-state index in [1.807, 2.05) is 13.8 Å². The van der Waals surface area contributed by atoms with Crippen molar-refractivity contribution >= 4 is 22.2 Å². The fraction of sp³-hybridized carbons (Fsp3) is 0.952. The van der Waals surface area contributed by atoms with E-state index in [1.165, 1.54) is 0 Å². The molecule has 1 heterocycles. The second-order valence-corrected chi connectivity index (χ2v) is 21.9. The van der Waals surface area contributed by atoms with Gasteiger partial charge in [-0.3, -0.25) is 4.79 Å². The molecule has 0 amide bonds. The maximum atomic E-state index is 12.4. The Labute approximate surface area is 175 Å². The maximum Gasteiger partial charge on any atom is 0.193 e. The molecule has 7 heteroatoms. The molecule has 0 aromatic rings. The van der Waals surface area contributed by atoms with Crippen molar-refractivity contribution in [2.24, 2.45) is 0 Å². The van der Waals surface area contributed by atoms with Gasteiger partial charge in [0.25, 0.3) is 0 Å². The lowest BCUT2D eigenvalue weighted by molar-refractivity contribution is -0.126. The van der Waals surface area contributed by atoms with Crippen molar-refractivity contribution in [3.05, 3.63) is 0 Å². The van der Waals surface area contributed by atoms with Gasteiger partial charge in [0.15, 0.2) is 14.1 Å². The summed E-state index contributed by atoms with van der Waals surface area (Å²) in [6.45, 7) is 25.0. The number of hydrogen-bond donors (Lipinski definition) is 0. The summed E-state index contributed by atoms with van der Waals surface area (Å²) in [6, 6.07) is 1.12. The highest BCUT2D eigenvalue weighted by atomic mass is 28.4. The molecule has 0 aromatic carbocycles. The van der Waals surface area contributed by atoms with Crippen LogP contribution in [-0.2, 0) is 23.4 Å². The van der Waals surface area contributed by atoms with Crippen LogP contribution in [-0.4, -0.2) is 59.5 Å². The molecule has 0 N–H and O–H groups in total. The van der Waals surface area contributed by atoms with Gasteiger partial charge < -0.3 is 18.6 Å². The molecule has 1 aliphatic rings. The first kappa shape index (κ1) is 26.0. The molecule has 0 spiro atoms. The van der Waals surface area contributed by atoms with Gasteiger partial charge in [-0.25, -0.2) is 0 Å². The Morgan fingerprint density at radius 1 is 1.07 bits per heavy atom. The molecule has 1 fully saturated rings. The van der Waals surface area contributed by atoms with Crippen LogP contribution >= 0.6 is 0 Å². The second-order valence-electron chi connectivity index (χ2n) is 11.5. The van der Waals surface area contributed by atoms with E-state index in [2.05, 4.69) is 53.5 Å². The molecule has 0 aliphatic carbocycles. The van der Waals surface area contributed by atoms with E-state index in [0.29, 0.717) is 13.0 Å². The Balaban J connectivity index is 2.65. The van der Waals surface area contributed by atoms with Crippen LogP contribution < -0.4 is 0 Å². The van der Waals surface area contributed by atoms with Crippen LogP contribution in [0.1, 0.15) is 48.0 Å². The van der Waals surface area contributed by atoms with Crippen molar-refractivity contribution in [3.63, 3.8) is 0 Å². The zero-order valence-corrected chi connectivity index (χ0v) is 22.2. The van der Waals surface area contributed by atoms with Crippen molar-refractivity contribution in [1.29, 1.82) is 0 Å². The fourth-order valence-corrected chi connectivity index (χ4v) is 4.89. The zero-order valence-electron chi connectivity index (χ0n) is 20.2. The van der Waals surface area contributed by atoms with Gasteiger partial charge in [0.1, 0.15) is 18.5 Å². The van der Waals surface area contributed by atoms with Gasteiger partial charge in [0.2, 0.25) is 0 Å². The lowest BCUT2D eigenvalue weighted by Crippen LogP contribution is -2.47. The summed E-state index contributed by atoms with van der Waals surface area (Å²) in [7, 11) is -3.15. The topological polar surface area (TPSA) is 57.3 Å². The van der Waals surface area contributed by atoms with E-state index in [1.54, 1.807) is 6.92 Å². The first-order valence-electron chi connectivity index (χ1n) is 10.5. The number of carbonyl (C=O) groups is 1. The monoisotopic (exact) mass is 432 g/mol. The standard InChI is InChI=1S/C21H44O5Si2/c1-17(22)18(25-28(10,11)19(2,3)4)14-21(20(5,6)26-21)15-24-16-23-12-13-27(7,8)9/h18H,12-16H2,1-11H3/t18-,21+/m0/s1. The van der Waals surface area contributed by atoms with Crippen LogP contribution in [0.2, 0.25) is 43.8 Å². The van der Waals surface area contributed by atoms with Gasteiger partial charge >= 0.3 is 0 Å². The summed E-state index contributed by atoms with van der Waals surface area (Å²) in [4.78, 5) is 12.4. The number of hydrogen-bond acceptors (Lipinski definition) is 5. The number of ketones is 1. The smallest absolute Gasteiger partial charge is 0.193 e. The predicted molar refractivity (Wildman–Crippen MR) is 120 cm³/mol. The average Bonchev–Trinajstić information content (AvgIpc) is 3.00. The number of Topliss-reactive ketones (excluding diaryl/α,β-unsaturated/α-hetero) is 1. The van der Waals surface area contributed by atoms with E-state index in [-0.39, 0.29) is 23.2 Å². The third kappa shape index (κ3) is 7.32. The van der Waals surface area contributed by atoms with E-state index < -0.39 is 28.1 Å². The molecule has 1 aliphatic heterocycles. The summed E-state index contributed by atoms with van der Waals surface area (Å²) in [5.41, 5.74) is -0.816. The average molecular weight is 433 g/mol. The van der Waals surface area contributed by atoms with Crippen LogP contribution in [0.3, 0.4) is 0 Å². The molecule has 5 nitrogen and oxygen atoms in total. The molecular weight excluding hydrogens is 388 g/mol. The molecule has 0 unspecified atom stereocenters. The molecule has 1 rings (SSSR count). The van der Waals surface area contributed by atoms with Crippen LogP contribution in [0.4, 0.5) is 0 Å². The minimum Gasteiger partial charge on any atom is -0.407 e. The predicted octanol–water partition coefficient (Wildman–Crippen LogP) is 5.23. The molecule has 166 valence electrons. The minimum atomic E-state index is -2.05. The summed E-state index contributed by atoms with van der Waals surface area (Å²) in [5, 5.41) is 0.0501. The highest BCUT2D eigenvalue weighted by Crippen LogP contribution is 2.52. The zero-order chi connectivity index (χ0) is 22.0. The van der Waals surface area contributed by atoms with Crippen molar-refractivity contribution in [2.45, 2.75) is 109 Å². The van der Waals surface area contributed by atoms with E-state index in [9.17, 15) is 4.79 Å². The Hall–Kier alpha value is -0.0562. The van der Waals surface area contributed by atoms with E-state index >= 15 is 0 Å². The van der Waals surface area contributed by atoms with Gasteiger partial charge in [-0.2, -0.15) is 0 Å². The molecule has 0 aromatic heterocycles. The molecule has 0 bridgehead atoms. The summed E-state index contributed by atoms with van der Waals surface area (Å²) in [5.74, 6) is 0.0573. The Kier molecular flexibility index (Phi) is 8.33. The van der Waals surface area contributed by atoms with Crippen molar-refractivity contribution in [3.8, 4) is 0 Å². The van der Waals surface area contributed by atoms with Gasteiger partial charge in [-0.15, -0.1) is 0 Å². The number of epoxide rings is 1. The third-order valence-corrected chi connectivity index (χ3v) is 12.4. The van der Waals surface area contributed by atoms with E-state index in [4.69, 9.17) is 18.6 Å². The highest BCUT2D eigenvalue weighted by molar-refractivity contribution is 6.76. The molecule has 28 heavy (non-hydrogen) atoms. The van der Waals surface area contributed by atoms with Crippen LogP contribution in [0.5, 0.6) is 0 Å². The summed E-state index contributed by atoms with van der Waals surface area (Å²) >= 11 is 0. The lowest BCUT2D eigenvalue weighted by atomic mass is 9.90. The van der Waals surface area contributed by atoms with Gasteiger partial charge in [-0.1, -0.05) is 40.4 Å². The molecule has 1 saturated heterocycles. The van der Waals surface area contributed by atoms with Gasteiger partial charge in [0.05, 0.1) is 12.2 Å². The summed E-state index contributed by atoms with van der Waals surface area (Å²) < 4.78 is 23.9. The first-order valence-corrected chi connectivity index (χ1v) is 17.1.